The maximum atomic E-state index is 13.5. The Kier molecular flexibility index (Phi) is 4.49. The van der Waals surface area contributed by atoms with Crippen LogP contribution in [-0.4, -0.2) is 25.2 Å². The Morgan fingerprint density at radius 3 is 2.38 bits per heavy atom. The van der Waals surface area contributed by atoms with Crippen molar-refractivity contribution in [1.29, 1.82) is 0 Å². The van der Waals surface area contributed by atoms with Gasteiger partial charge in [-0.05, 0) is 36.4 Å². The molecule has 0 saturated carbocycles. The van der Waals surface area contributed by atoms with E-state index in [9.17, 15) is 18.0 Å². The van der Waals surface area contributed by atoms with E-state index in [0.29, 0.717) is 5.75 Å². The fraction of sp³-hybridized carbons (Fsp3) is 0.188. The summed E-state index contributed by atoms with van der Waals surface area (Å²) in [5, 5.41) is 4.11. The highest BCUT2D eigenvalue weighted by molar-refractivity contribution is 6.30. The van der Waals surface area contributed by atoms with Crippen molar-refractivity contribution in [3.8, 4) is 17.2 Å². The van der Waals surface area contributed by atoms with Gasteiger partial charge in [-0.3, -0.25) is 5.32 Å². The van der Waals surface area contributed by atoms with Crippen LogP contribution in [0, 0.1) is 0 Å². The Morgan fingerprint density at radius 2 is 1.77 bits per heavy atom. The standard InChI is InChI=1S/C16H12ClF3N2O4/c1-24-11-5-3-10(4-6-11)21-14(23)22-16(15(18,19)20)25-12-7-2-9(17)8-13(12)26-16/h2-8H,1H3,(H2,21,22,23). The second-order valence-electron chi connectivity index (χ2n) is 5.22. The highest BCUT2D eigenvalue weighted by atomic mass is 35.5. The molecule has 138 valence electrons. The molecule has 1 unspecified atom stereocenters. The Morgan fingerprint density at radius 1 is 1.12 bits per heavy atom. The molecule has 0 aliphatic carbocycles. The summed E-state index contributed by atoms with van der Waals surface area (Å²) in [5.41, 5.74) is 0.249. The van der Waals surface area contributed by atoms with Gasteiger partial charge < -0.3 is 19.5 Å². The summed E-state index contributed by atoms with van der Waals surface area (Å²) in [7, 11) is 1.46. The van der Waals surface area contributed by atoms with Crippen LogP contribution in [-0.2, 0) is 0 Å². The van der Waals surface area contributed by atoms with Crippen molar-refractivity contribution in [3.63, 3.8) is 0 Å². The zero-order chi connectivity index (χ0) is 18.9. The van der Waals surface area contributed by atoms with Gasteiger partial charge in [-0.2, -0.15) is 13.2 Å². The topological polar surface area (TPSA) is 68.8 Å². The van der Waals surface area contributed by atoms with Gasteiger partial charge in [-0.1, -0.05) is 11.6 Å². The summed E-state index contributed by atoms with van der Waals surface area (Å²) in [6.07, 6.45) is -5.06. The van der Waals surface area contributed by atoms with Gasteiger partial charge in [0.1, 0.15) is 5.75 Å². The number of benzene rings is 2. The molecular formula is C16H12ClF3N2O4. The molecule has 6 nitrogen and oxygen atoms in total. The minimum Gasteiger partial charge on any atom is -0.497 e. The lowest BCUT2D eigenvalue weighted by atomic mass is 10.3. The summed E-state index contributed by atoms with van der Waals surface area (Å²) in [6.45, 7) is 0. The summed E-state index contributed by atoms with van der Waals surface area (Å²) >= 11 is 5.74. The average Bonchev–Trinajstić information content (AvgIpc) is 2.93. The summed E-state index contributed by atoms with van der Waals surface area (Å²) in [4.78, 5) is 12.1. The first-order valence-electron chi connectivity index (χ1n) is 7.20. The third-order valence-electron chi connectivity index (χ3n) is 3.41. The molecule has 2 aromatic carbocycles. The second-order valence-corrected chi connectivity index (χ2v) is 5.65. The molecule has 1 atom stereocenters. The molecule has 0 bridgehead atoms. The van der Waals surface area contributed by atoms with Gasteiger partial charge in [0.15, 0.2) is 11.5 Å². The van der Waals surface area contributed by atoms with Gasteiger partial charge in [0.2, 0.25) is 0 Å². The number of urea groups is 1. The quantitative estimate of drug-likeness (QED) is 0.828. The van der Waals surface area contributed by atoms with Crippen molar-refractivity contribution in [2.24, 2.45) is 0 Å². The third kappa shape index (κ3) is 3.43. The molecule has 3 rings (SSSR count). The zero-order valence-corrected chi connectivity index (χ0v) is 13.9. The molecule has 0 fully saturated rings. The van der Waals surface area contributed by atoms with E-state index in [1.807, 2.05) is 0 Å². The predicted octanol–water partition coefficient (Wildman–Crippen LogP) is 4.16. The fourth-order valence-electron chi connectivity index (χ4n) is 2.20. The van der Waals surface area contributed by atoms with Crippen molar-refractivity contribution in [2.75, 3.05) is 12.4 Å². The Bertz CT molecular complexity index is 829. The van der Waals surface area contributed by atoms with Crippen molar-refractivity contribution < 1.29 is 32.2 Å². The number of rotatable bonds is 3. The number of carbonyl (C=O) groups is 1. The van der Waals surface area contributed by atoms with E-state index >= 15 is 0 Å². The molecule has 0 spiro atoms. The maximum Gasteiger partial charge on any atom is 0.492 e. The van der Waals surface area contributed by atoms with Gasteiger partial charge >= 0.3 is 18.1 Å². The Balaban J connectivity index is 1.78. The maximum absolute atomic E-state index is 13.5. The van der Waals surface area contributed by atoms with Crippen molar-refractivity contribution in [3.05, 3.63) is 47.5 Å². The minimum absolute atomic E-state index is 0.160. The summed E-state index contributed by atoms with van der Waals surface area (Å²) < 4.78 is 55.3. The molecule has 0 radical (unpaired) electrons. The van der Waals surface area contributed by atoms with Crippen molar-refractivity contribution in [1.82, 2.24) is 5.32 Å². The van der Waals surface area contributed by atoms with Crippen molar-refractivity contribution >= 4 is 23.3 Å². The number of nitrogens with one attached hydrogen (secondary N) is 2. The number of methoxy groups -OCH3 is 1. The zero-order valence-electron chi connectivity index (χ0n) is 13.2. The lowest BCUT2D eigenvalue weighted by molar-refractivity contribution is -0.317. The SMILES string of the molecule is COc1ccc(NC(=O)NC2(C(F)(F)F)Oc3ccc(Cl)cc3O2)cc1. The molecule has 10 heteroatoms. The number of ether oxygens (including phenoxy) is 3. The van der Waals surface area contributed by atoms with E-state index in [1.54, 1.807) is 5.32 Å². The molecule has 1 aliphatic heterocycles. The molecule has 1 heterocycles. The molecule has 0 saturated heterocycles. The van der Waals surface area contributed by atoms with Crippen LogP contribution in [0.5, 0.6) is 17.2 Å². The van der Waals surface area contributed by atoms with Gasteiger partial charge in [-0.25, -0.2) is 4.79 Å². The molecule has 2 aromatic rings. The normalized spacial score (nSPS) is 18.3. The first kappa shape index (κ1) is 18.0. The van der Waals surface area contributed by atoms with Crippen LogP contribution < -0.4 is 24.8 Å². The number of carbonyl (C=O) groups excluding carboxylic acids is 1. The smallest absolute Gasteiger partial charge is 0.492 e. The van der Waals surface area contributed by atoms with Crippen LogP contribution in [0.15, 0.2) is 42.5 Å². The number of anilines is 1. The van der Waals surface area contributed by atoms with E-state index < -0.39 is 18.1 Å². The van der Waals surface area contributed by atoms with Crippen molar-refractivity contribution in [2.45, 2.75) is 12.1 Å². The van der Waals surface area contributed by atoms with Gasteiger partial charge in [-0.15, -0.1) is 0 Å². The molecule has 2 amide bonds. The monoisotopic (exact) mass is 388 g/mol. The van der Waals surface area contributed by atoms with Gasteiger partial charge in [0.05, 0.1) is 7.11 Å². The van der Waals surface area contributed by atoms with E-state index in [4.69, 9.17) is 25.8 Å². The lowest BCUT2D eigenvalue weighted by Gasteiger charge is -2.29. The van der Waals surface area contributed by atoms with Crippen LogP contribution in [0.2, 0.25) is 5.02 Å². The minimum atomic E-state index is -5.06. The Labute approximate surface area is 150 Å². The predicted molar refractivity (Wildman–Crippen MR) is 86.6 cm³/mol. The third-order valence-corrected chi connectivity index (χ3v) is 3.65. The first-order valence-corrected chi connectivity index (χ1v) is 7.58. The molecule has 0 aromatic heterocycles. The van der Waals surface area contributed by atoms with Crippen LogP contribution in [0.4, 0.5) is 23.7 Å². The average molecular weight is 389 g/mol. The van der Waals surface area contributed by atoms with Gasteiger partial charge in [0, 0.05) is 16.8 Å². The van der Waals surface area contributed by atoms with E-state index in [-0.39, 0.29) is 22.2 Å². The first-order chi connectivity index (χ1) is 12.2. The lowest BCUT2D eigenvalue weighted by Crippen LogP contribution is -2.65. The van der Waals surface area contributed by atoms with E-state index in [1.165, 1.54) is 43.5 Å². The van der Waals surface area contributed by atoms with E-state index in [0.717, 1.165) is 6.07 Å². The van der Waals surface area contributed by atoms with Crippen LogP contribution in [0.1, 0.15) is 0 Å². The van der Waals surface area contributed by atoms with Crippen LogP contribution in [0.3, 0.4) is 0 Å². The fourth-order valence-corrected chi connectivity index (χ4v) is 2.36. The number of hydrogen-bond donors (Lipinski definition) is 2. The van der Waals surface area contributed by atoms with E-state index in [2.05, 4.69) is 5.32 Å². The molecule has 2 N–H and O–H groups in total. The molecule has 26 heavy (non-hydrogen) atoms. The van der Waals surface area contributed by atoms with Crippen LogP contribution >= 0.6 is 11.6 Å². The second kappa shape index (κ2) is 6.49. The molecular weight excluding hydrogens is 377 g/mol. The number of fused-ring (bicyclic) bond motifs is 1. The highest BCUT2D eigenvalue weighted by Crippen LogP contribution is 2.46. The Hall–Kier alpha value is -2.81. The number of alkyl halides is 3. The number of amides is 2. The largest absolute Gasteiger partial charge is 0.497 e. The number of hydrogen-bond acceptors (Lipinski definition) is 4. The summed E-state index contributed by atoms with van der Waals surface area (Å²) in [5.74, 6) is -3.27. The summed E-state index contributed by atoms with van der Waals surface area (Å²) in [6, 6.07) is 8.54. The number of halogens is 4. The highest BCUT2D eigenvalue weighted by Gasteiger charge is 2.65. The van der Waals surface area contributed by atoms with Crippen LogP contribution in [0.25, 0.3) is 0 Å². The van der Waals surface area contributed by atoms with Gasteiger partial charge in [0.25, 0.3) is 0 Å². The molecule has 1 aliphatic rings.